The number of aryl methyl sites for hydroxylation is 1. The van der Waals surface area contributed by atoms with Crippen molar-refractivity contribution in [3.05, 3.63) is 64.9 Å². The number of nitrogens with one attached hydrogen (secondary N) is 1. The van der Waals surface area contributed by atoms with Crippen molar-refractivity contribution in [1.82, 2.24) is 10.2 Å². The molecular formula is C30H38F3N5O3. The van der Waals surface area contributed by atoms with Crippen molar-refractivity contribution < 1.29 is 27.8 Å². The monoisotopic (exact) mass is 573 g/mol. The van der Waals surface area contributed by atoms with Crippen LogP contribution in [-0.4, -0.2) is 80.3 Å². The molecule has 4 N–H and O–H groups in total. The highest BCUT2D eigenvalue weighted by Gasteiger charge is 2.46. The number of carbonyl (C=O) groups excluding carboxylic acids is 1. The van der Waals surface area contributed by atoms with Crippen LogP contribution < -0.4 is 20.7 Å². The van der Waals surface area contributed by atoms with Gasteiger partial charge in [-0.3, -0.25) is 14.7 Å². The first-order chi connectivity index (χ1) is 19.4. The minimum atomic E-state index is -4.63. The summed E-state index contributed by atoms with van der Waals surface area (Å²) in [4.78, 5) is 21.4. The number of hydrogen-bond acceptors (Lipinski definition) is 7. The summed E-state index contributed by atoms with van der Waals surface area (Å²) in [6.45, 7) is 4.42. The van der Waals surface area contributed by atoms with E-state index < -0.39 is 18.8 Å². The molecule has 2 aromatic rings. The lowest BCUT2D eigenvalue weighted by atomic mass is 9.99. The summed E-state index contributed by atoms with van der Waals surface area (Å²) in [5.74, 6) is 0.387. The van der Waals surface area contributed by atoms with Crippen molar-refractivity contribution in [3.8, 4) is 5.75 Å². The molecule has 222 valence electrons. The molecule has 1 amide bonds. The molecule has 11 heteroatoms. The lowest BCUT2D eigenvalue weighted by Crippen LogP contribution is -2.57. The lowest BCUT2D eigenvalue weighted by molar-refractivity contribution is -0.210. The number of aliphatic hydroxyl groups is 1. The molecule has 0 aliphatic carbocycles. The van der Waals surface area contributed by atoms with Crippen molar-refractivity contribution in [1.29, 1.82) is 0 Å². The number of amides is 1. The summed E-state index contributed by atoms with van der Waals surface area (Å²) < 4.78 is 44.4. The van der Waals surface area contributed by atoms with E-state index >= 15 is 0 Å². The Labute approximate surface area is 238 Å². The molecule has 41 heavy (non-hydrogen) atoms. The van der Waals surface area contributed by atoms with Gasteiger partial charge in [0.1, 0.15) is 5.75 Å². The molecule has 4 atom stereocenters. The molecular weight excluding hydrogens is 535 g/mol. The SMILES string of the molecule is CN=CC(=CN)c1cc(OC)cc([C@@H](C)NC(=O)c2cc(N3C[C@H]4CC[C@@H](C3)N4C[C@@H](O)C(F)(F)F)ccc2C)c1. The van der Waals surface area contributed by atoms with E-state index in [1.165, 1.54) is 6.20 Å². The Bertz CT molecular complexity index is 1300. The third-order valence-corrected chi connectivity index (χ3v) is 8.02. The van der Waals surface area contributed by atoms with E-state index in [1.54, 1.807) is 25.3 Å². The van der Waals surface area contributed by atoms with Crippen LogP contribution in [0.15, 0.2) is 47.6 Å². The van der Waals surface area contributed by atoms with Crippen LogP contribution in [0.25, 0.3) is 5.57 Å². The maximum absolute atomic E-state index is 13.5. The molecule has 2 fully saturated rings. The number of allylic oxidation sites excluding steroid dienone is 1. The largest absolute Gasteiger partial charge is 0.497 e. The standard InChI is InChI=1S/C30H38F3N5O3/c1-18-5-6-23(37-15-24-7-8-25(16-37)38(24)17-28(39)30(31,32)33)12-27(18)29(40)36-19(2)20-9-21(11-26(10-20)41-4)22(13-34)14-35-3/h5-6,9-14,19,24-25,28,39H,7-8,15-17,34H2,1-4H3,(H,36,40)/t19-,24-,25+,28-/m1/s1. The second kappa shape index (κ2) is 12.5. The number of anilines is 1. The Morgan fingerprint density at radius 3 is 2.49 bits per heavy atom. The Kier molecular flexibility index (Phi) is 9.28. The Morgan fingerprint density at radius 2 is 1.90 bits per heavy atom. The quantitative estimate of drug-likeness (QED) is 0.391. The maximum Gasteiger partial charge on any atom is 0.415 e. The van der Waals surface area contributed by atoms with E-state index in [1.807, 2.05) is 50.2 Å². The topological polar surface area (TPSA) is 103 Å². The molecule has 0 radical (unpaired) electrons. The maximum atomic E-state index is 13.5. The van der Waals surface area contributed by atoms with Gasteiger partial charge in [-0.2, -0.15) is 13.2 Å². The number of halogens is 3. The highest BCUT2D eigenvalue weighted by molar-refractivity contribution is 6.09. The Balaban J connectivity index is 1.50. The predicted octanol–water partition coefficient (Wildman–Crippen LogP) is 4.07. The highest BCUT2D eigenvalue weighted by Crippen LogP contribution is 2.35. The molecule has 2 bridgehead atoms. The van der Waals surface area contributed by atoms with Gasteiger partial charge in [-0.25, -0.2) is 0 Å². The number of benzene rings is 2. The molecule has 2 aliphatic heterocycles. The molecule has 0 aromatic heterocycles. The number of hydrogen-bond donors (Lipinski definition) is 3. The molecule has 2 heterocycles. The average Bonchev–Trinajstić information content (AvgIpc) is 3.16. The normalized spacial score (nSPS) is 21.3. The van der Waals surface area contributed by atoms with Crippen LogP contribution in [-0.2, 0) is 0 Å². The zero-order valence-corrected chi connectivity index (χ0v) is 23.8. The van der Waals surface area contributed by atoms with E-state index in [9.17, 15) is 23.1 Å². The number of aliphatic imine (C=N–C) groups is 1. The zero-order valence-electron chi connectivity index (χ0n) is 23.8. The minimum absolute atomic E-state index is 0.0863. The molecule has 8 nitrogen and oxygen atoms in total. The fourth-order valence-corrected chi connectivity index (χ4v) is 5.72. The van der Waals surface area contributed by atoms with Gasteiger partial charge in [-0.15, -0.1) is 0 Å². The molecule has 2 aromatic carbocycles. The summed E-state index contributed by atoms with van der Waals surface area (Å²) in [5.41, 5.74) is 10.3. The van der Waals surface area contributed by atoms with Crippen LogP contribution in [0.1, 0.15) is 52.9 Å². The molecule has 4 rings (SSSR count). The van der Waals surface area contributed by atoms with Crippen LogP contribution in [0.2, 0.25) is 0 Å². The van der Waals surface area contributed by atoms with E-state index in [2.05, 4.69) is 15.2 Å². The number of fused-ring (bicyclic) bond motifs is 2. The molecule has 0 spiro atoms. The number of nitrogens with zero attached hydrogens (tertiary/aromatic N) is 3. The van der Waals surface area contributed by atoms with Crippen LogP contribution in [0.3, 0.4) is 0 Å². The van der Waals surface area contributed by atoms with Gasteiger partial charge >= 0.3 is 6.18 Å². The van der Waals surface area contributed by atoms with Gasteiger partial charge < -0.3 is 25.8 Å². The van der Waals surface area contributed by atoms with E-state index in [0.717, 1.165) is 40.8 Å². The number of carbonyl (C=O) groups is 1. The van der Waals surface area contributed by atoms with Crippen molar-refractivity contribution in [2.75, 3.05) is 38.7 Å². The third kappa shape index (κ3) is 6.84. The minimum Gasteiger partial charge on any atom is -0.497 e. The van der Waals surface area contributed by atoms with Crippen molar-refractivity contribution in [2.45, 2.75) is 57.1 Å². The molecule has 0 unspecified atom stereocenters. The number of nitrogens with two attached hydrogens (primary N) is 1. The lowest BCUT2D eigenvalue weighted by Gasteiger charge is -2.43. The number of ether oxygens (including phenoxy) is 1. The summed E-state index contributed by atoms with van der Waals surface area (Å²) in [7, 11) is 3.23. The molecule has 2 aliphatic rings. The second-order valence-electron chi connectivity index (χ2n) is 10.7. The van der Waals surface area contributed by atoms with Crippen LogP contribution in [0.5, 0.6) is 5.75 Å². The Morgan fingerprint density at radius 1 is 1.22 bits per heavy atom. The van der Waals surface area contributed by atoms with Gasteiger partial charge in [-0.05, 0) is 73.7 Å². The summed E-state index contributed by atoms with van der Waals surface area (Å²) in [6.07, 6.45) is -2.32. The van der Waals surface area contributed by atoms with Gasteiger partial charge in [-0.1, -0.05) is 6.07 Å². The Hall–Kier alpha value is -3.57. The van der Waals surface area contributed by atoms with Gasteiger partial charge in [0, 0.05) is 68.0 Å². The van der Waals surface area contributed by atoms with Crippen molar-refractivity contribution in [2.24, 2.45) is 10.7 Å². The van der Waals surface area contributed by atoms with Crippen molar-refractivity contribution >= 4 is 23.4 Å². The van der Waals surface area contributed by atoms with Gasteiger partial charge in [0.15, 0.2) is 6.10 Å². The fourth-order valence-electron chi connectivity index (χ4n) is 5.72. The number of aliphatic hydroxyl groups excluding tert-OH is 1. The van der Waals surface area contributed by atoms with Crippen molar-refractivity contribution in [3.63, 3.8) is 0 Å². The van der Waals surface area contributed by atoms with Crippen LogP contribution in [0, 0.1) is 6.92 Å². The molecule has 0 saturated carbocycles. The van der Waals surface area contributed by atoms with E-state index in [0.29, 0.717) is 24.4 Å². The summed E-state index contributed by atoms with van der Waals surface area (Å²) in [6, 6.07) is 10.8. The number of methoxy groups -OCH3 is 1. The first kappa shape index (κ1) is 30.4. The molecule has 2 saturated heterocycles. The number of piperazine rings is 1. The smallest absolute Gasteiger partial charge is 0.415 e. The van der Waals surface area contributed by atoms with E-state index in [4.69, 9.17) is 10.5 Å². The summed E-state index contributed by atoms with van der Waals surface area (Å²) >= 11 is 0. The zero-order chi connectivity index (χ0) is 29.9. The van der Waals surface area contributed by atoms with Crippen LogP contribution in [0.4, 0.5) is 18.9 Å². The summed E-state index contributed by atoms with van der Waals surface area (Å²) in [5, 5.41) is 12.7. The van der Waals surface area contributed by atoms with Gasteiger partial charge in [0.2, 0.25) is 0 Å². The van der Waals surface area contributed by atoms with E-state index in [-0.39, 0.29) is 24.0 Å². The second-order valence-corrected chi connectivity index (χ2v) is 10.7. The highest BCUT2D eigenvalue weighted by atomic mass is 19.4. The van der Waals surface area contributed by atoms with Gasteiger partial charge in [0.25, 0.3) is 5.91 Å². The number of rotatable bonds is 9. The fraction of sp³-hybridized carbons (Fsp3) is 0.467. The predicted molar refractivity (Wildman–Crippen MR) is 154 cm³/mol. The first-order valence-electron chi connectivity index (χ1n) is 13.7. The van der Waals surface area contributed by atoms with Crippen LogP contribution >= 0.6 is 0 Å². The average molecular weight is 574 g/mol. The number of alkyl halides is 3. The van der Waals surface area contributed by atoms with Gasteiger partial charge in [0.05, 0.1) is 13.2 Å². The first-order valence-corrected chi connectivity index (χ1v) is 13.7. The third-order valence-electron chi connectivity index (χ3n) is 8.02.